The zero-order valence-corrected chi connectivity index (χ0v) is 15.9. The van der Waals surface area contributed by atoms with E-state index < -0.39 is 15.6 Å². The van der Waals surface area contributed by atoms with E-state index in [0.29, 0.717) is 12.2 Å². The number of benzene rings is 1. The van der Waals surface area contributed by atoms with Gasteiger partial charge in [0.25, 0.3) is 5.56 Å². The lowest BCUT2D eigenvalue weighted by Gasteiger charge is -2.32. The molecular weight excluding hydrogens is 385 g/mol. The highest BCUT2D eigenvalue weighted by molar-refractivity contribution is 7.89. The first-order chi connectivity index (χ1) is 11.8. The van der Waals surface area contributed by atoms with Crippen LogP contribution < -0.4 is 5.56 Å². The van der Waals surface area contributed by atoms with E-state index in [4.69, 9.17) is 23.2 Å². The van der Waals surface area contributed by atoms with Crippen LogP contribution in [0.15, 0.2) is 40.2 Å². The van der Waals surface area contributed by atoms with Gasteiger partial charge in [0.15, 0.2) is 0 Å². The number of sulfonamides is 1. The second-order valence-electron chi connectivity index (χ2n) is 5.98. The maximum Gasteiger partial charge on any atom is 0.291 e. The van der Waals surface area contributed by atoms with Crippen molar-refractivity contribution in [1.82, 2.24) is 14.1 Å². The fourth-order valence-corrected chi connectivity index (χ4v) is 4.87. The van der Waals surface area contributed by atoms with Crippen LogP contribution in [0, 0.1) is 0 Å². The van der Waals surface area contributed by atoms with Crippen molar-refractivity contribution in [2.75, 3.05) is 6.54 Å². The minimum Gasteiger partial charge on any atom is -0.266 e. The molecule has 1 saturated heterocycles. The second-order valence-corrected chi connectivity index (χ2v) is 8.65. The van der Waals surface area contributed by atoms with Crippen LogP contribution in [-0.4, -0.2) is 35.1 Å². The summed E-state index contributed by atoms with van der Waals surface area (Å²) in [7, 11) is -3.56. The molecule has 2 heterocycles. The summed E-state index contributed by atoms with van der Waals surface area (Å²) in [6.07, 6.45) is 4.04. The number of halogens is 2. The zero-order valence-electron chi connectivity index (χ0n) is 13.5. The standard InChI is InChI=1S/C16H17Cl2N3O3S/c1-11-4-2-3-9-20(11)25(23,24)13-7-5-12(6-8-13)21-16(22)15(18)14(17)10-19-21/h5-8,10-11H,2-4,9H2,1H3/t11-/m1/s1. The molecule has 1 fully saturated rings. The van der Waals surface area contributed by atoms with Gasteiger partial charge in [-0.15, -0.1) is 0 Å². The molecule has 1 aliphatic rings. The van der Waals surface area contributed by atoms with Crippen LogP contribution in [0.5, 0.6) is 0 Å². The molecule has 1 aliphatic heterocycles. The van der Waals surface area contributed by atoms with Gasteiger partial charge in [-0.2, -0.15) is 14.1 Å². The first kappa shape index (κ1) is 18.4. The van der Waals surface area contributed by atoms with Gasteiger partial charge in [0.05, 0.1) is 21.8 Å². The molecule has 0 saturated carbocycles. The normalized spacial score (nSPS) is 19.1. The van der Waals surface area contributed by atoms with Crippen molar-refractivity contribution in [3.05, 3.63) is 50.9 Å². The van der Waals surface area contributed by atoms with Gasteiger partial charge in [-0.1, -0.05) is 29.6 Å². The lowest BCUT2D eigenvalue weighted by Crippen LogP contribution is -2.41. The Balaban J connectivity index is 1.95. The van der Waals surface area contributed by atoms with Crippen molar-refractivity contribution in [3.8, 4) is 5.69 Å². The molecule has 25 heavy (non-hydrogen) atoms. The zero-order chi connectivity index (χ0) is 18.2. The molecule has 0 amide bonds. The van der Waals surface area contributed by atoms with E-state index in [-0.39, 0.29) is 21.0 Å². The van der Waals surface area contributed by atoms with E-state index in [0.717, 1.165) is 23.9 Å². The Morgan fingerprint density at radius 1 is 1.16 bits per heavy atom. The third-order valence-electron chi connectivity index (χ3n) is 4.31. The third kappa shape index (κ3) is 3.46. The Labute approximate surface area is 156 Å². The van der Waals surface area contributed by atoms with Gasteiger partial charge in [-0.3, -0.25) is 4.79 Å². The van der Waals surface area contributed by atoms with Crippen LogP contribution >= 0.6 is 23.2 Å². The van der Waals surface area contributed by atoms with Crippen molar-refractivity contribution < 1.29 is 8.42 Å². The molecule has 1 aromatic carbocycles. The number of rotatable bonds is 3. The quantitative estimate of drug-likeness (QED) is 0.791. The summed E-state index contributed by atoms with van der Waals surface area (Å²) in [5.41, 5.74) is -0.149. The largest absolute Gasteiger partial charge is 0.291 e. The monoisotopic (exact) mass is 401 g/mol. The molecule has 0 unspecified atom stereocenters. The van der Waals surface area contributed by atoms with E-state index in [1.807, 2.05) is 6.92 Å². The summed E-state index contributed by atoms with van der Waals surface area (Å²) in [6.45, 7) is 2.45. The summed E-state index contributed by atoms with van der Waals surface area (Å²) in [6, 6.07) is 5.99. The summed E-state index contributed by atoms with van der Waals surface area (Å²) < 4.78 is 28.2. The van der Waals surface area contributed by atoms with E-state index in [1.165, 1.54) is 34.8 Å². The molecule has 3 rings (SSSR count). The van der Waals surface area contributed by atoms with Gasteiger partial charge in [0, 0.05) is 12.6 Å². The number of hydrogen-bond donors (Lipinski definition) is 0. The first-order valence-electron chi connectivity index (χ1n) is 7.88. The van der Waals surface area contributed by atoms with E-state index in [1.54, 1.807) is 0 Å². The molecule has 0 bridgehead atoms. The smallest absolute Gasteiger partial charge is 0.266 e. The number of aromatic nitrogens is 2. The second kappa shape index (κ2) is 7.07. The van der Waals surface area contributed by atoms with Crippen LogP contribution in [0.4, 0.5) is 0 Å². The van der Waals surface area contributed by atoms with Gasteiger partial charge >= 0.3 is 0 Å². The number of piperidine rings is 1. The van der Waals surface area contributed by atoms with E-state index >= 15 is 0 Å². The Kier molecular flexibility index (Phi) is 5.20. The molecule has 2 aromatic rings. The van der Waals surface area contributed by atoms with E-state index in [2.05, 4.69) is 5.10 Å². The highest BCUT2D eigenvalue weighted by Gasteiger charge is 2.30. The Bertz CT molecular complexity index is 942. The average molecular weight is 402 g/mol. The Morgan fingerprint density at radius 2 is 1.84 bits per heavy atom. The third-order valence-corrected chi connectivity index (χ3v) is 7.08. The minimum atomic E-state index is -3.56. The van der Waals surface area contributed by atoms with Crippen molar-refractivity contribution in [2.24, 2.45) is 0 Å². The van der Waals surface area contributed by atoms with Crippen molar-refractivity contribution >= 4 is 33.2 Å². The Hall–Kier alpha value is -1.41. The van der Waals surface area contributed by atoms with Crippen molar-refractivity contribution in [3.63, 3.8) is 0 Å². The van der Waals surface area contributed by atoms with Crippen LogP contribution in [0.2, 0.25) is 10.0 Å². The lowest BCUT2D eigenvalue weighted by molar-refractivity contribution is 0.268. The topological polar surface area (TPSA) is 72.3 Å². The first-order valence-corrected chi connectivity index (χ1v) is 10.1. The molecule has 0 radical (unpaired) electrons. The SMILES string of the molecule is C[C@@H]1CCCCN1S(=O)(=O)c1ccc(-n2ncc(Cl)c(Cl)c2=O)cc1. The average Bonchev–Trinajstić information content (AvgIpc) is 2.60. The van der Waals surface area contributed by atoms with Gasteiger partial charge in [-0.05, 0) is 44.0 Å². The number of nitrogens with zero attached hydrogens (tertiary/aromatic N) is 3. The van der Waals surface area contributed by atoms with Crippen molar-refractivity contribution in [2.45, 2.75) is 37.1 Å². The van der Waals surface area contributed by atoms with Crippen LogP contribution in [0.25, 0.3) is 5.69 Å². The maximum absolute atomic E-state index is 12.8. The van der Waals surface area contributed by atoms with Crippen LogP contribution in [0.1, 0.15) is 26.2 Å². The molecule has 134 valence electrons. The molecule has 1 atom stereocenters. The molecule has 9 heteroatoms. The van der Waals surface area contributed by atoms with Crippen LogP contribution in [0.3, 0.4) is 0 Å². The van der Waals surface area contributed by atoms with E-state index in [9.17, 15) is 13.2 Å². The summed E-state index contributed by atoms with van der Waals surface area (Å²) in [4.78, 5) is 12.3. The molecule has 0 spiro atoms. The highest BCUT2D eigenvalue weighted by Crippen LogP contribution is 2.25. The number of hydrogen-bond acceptors (Lipinski definition) is 4. The summed E-state index contributed by atoms with van der Waals surface area (Å²) >= 11 is 11.6. The predicted molar refractivity (Wildman–Crippen MR) is 97.1 cm³/mol. The predicted octanol–water partition coefficient (Wildman–Crippen LogP) is 3.10. The van der Waals surface area contributed by atoms with Gasteiger partial charge in [0.1, 0.15) is 5.02 Å². The fourth-order valence-electron chi connectivity index (χ4n) is 2.92. The van der Waals surface area contributed by atoms with Gasteiger partial charge < -0.3 is 0 Å². The minimum absolute atomic E-state index is 0.0159. The Morgan fingerprint density at radius 3 is 2.48 bits per heavy atom. The molecule has 0 aliphatic carbocycles. The summed E-state index contributed by atoms with van der Waals surface area (Å²) in [5.74, 6) is 0. The van der Waals surface area contributed by atoms with Crippen molar-refractivity contribution in [1.29, 1.82) is 0 Å². The molecule has 1 aromatic heterocycles. The lowest BCUT2D eigenvalue weighted by atomic mass is 10.1. The highest BCUT2D eigenvalue weighted by atomic mass is 35.5. The molecule has 6 nitrogen and oxygen atoms in total. The maximum atomic E-state index is 12.8. The summed E-state index contributed by atoms with van der Waals surface area (Å²) in [5, 5.41) is 3.87. The molecular formula is C16H17Cl2N3O3S. The van der Waals surface area contributed by atoms with Crippen LogP contribution in [-0.2, 0) is 10.0 Å². The van der Waals surface area contributed by atoms with Gasteiger partial charge in [0.2, 0.25) is 10.0 Å². The fraction of sp³-hybridized carbons (Fsp3) is 0.375. The molecule has 0 N–H and O–H groups in total. The van der Waals surface area contributed by atoms with Gasteiger partial charge in [-0.25, -0.2) is 8.42 Å².